The zero-order chi connectivity index (χ0) is 14.1. The first-order chi connectivity index (χ1) is 9.63. The summed E-state index contributed by atoms with van der Waals surface area (Å²) in [4.78, 5) is 4.34. The van der Waals surface area contributed by atoms with Crippen LogP contribution in [0.25, 0.3) is 10.9 Å². The normalized spacial score (nSPS) is 10.7. The second-order valence-corrected chi connectivity index (χ2v) is 5.54. The lowest BCUT2D eigenvalue weighted by Gasteiger charge is -2.15. The van der Waals surface area contributed by atoms with Crippen LogP contribution >= 0.6 is 15.9 Å². The summed E-state index contributed by atoms with van der Waals surface area (Å²) in [6, 6.07) is 12.8. The molecule has 3 nitrogen and oxygen atoms in total. The molecule has 0 aliphatic heterocycles. The molecule has 0 spiro atoms. The summed E-state index contributed by atoms with van der Waals surface area (Å²) in [6.45, 7) is 1.97. The molecule has 0 bridgehead atoms. The Bertz CT molecular complexity index is 787. The molecular formula is C16H12BrN2O-. The van der Waals surface area contributed by atoms with Gasteiger partial charge in [-0.1, -0.05) is 28.1 Å². The minimum atomic E-state index is -0.00218. The van der Waals surface area contributed by atoms with E-state index in [0.29, 0.717) is 0 Å². The third-order valence-corrected chi connectivity index (χ3v) is 3.68. The average Bonchev–Trinajstić information content (AvgIpc) is 2.43. The van der Waals surface area contributed by atoms with Crippen LogP contribution in [0.2, 0.25) is 0 Å². The standard InChI is InChI=1S/C16H13BrN2O/c1-10-2-4-12(20)9-16(10)19-15-6-7-18-14-5-3-11(17)8-13(14)15/h2-9,20H,1H3,(H,18,19)/p-1. The van der Waals surface area contributed by atoms with Gasteiger partial charge in [0.05, 0.1) is 5.52 Å². The maximum absolute atomic E-state index is 11.5. The van der Waals surface area contributed by atoms with Gasteiger partial charge in [-0.2, -0.15) is 0 Å². The number of halogens is 1. The summed E-state index contributed by atoms with van der Waals surface area (Å²) in [5.74, 6) is -0.00218. The molecule has 1 aromatic heterocycles. The molecule has 100 valence electrons. The molecule has 0 aliphatic rings. The number of fused-ring (bicyclic) bond motifs is 1. The van der Waals surface area contributed by atoms with E-state index < -0.39 is 0 Å². The van der Waals surface area contributed by atoms with Crippen molar-refractivity contribution in [2.75, 3.05) is 5.32 Å². The molecule has 0 unspecified atom stereocenters. The Morgan fingerprint density at radius 3 is 2.75 bits per heavy atom. The van der Waals surface area contributed by atoms with Gasteiger partial charge in [0.15, 0.2) is 0 Å². The van der Waals surface area contributed by atoms with Crippen molar-refractivity contribution in [2.45, 2.75) is 6.92 Å². The van der Waals surface area contributed by atoms with Crippen molar-refractivity contribution in [1.82, 2.24) is 4.98 Å². The van der Waals surface area contributed by atoms with E-state index in [2.05, 4.69) is 26.2 Å². The number of aryl methyl sites for hydroxylation is 1. The van der Waals surface area contributed by atoms with Crippen LogP contribution in [-0.2, 0) is 0 Å². The number of rotatable bonds is 2. The van der Waals surface area contributed by atoms with Gasteiger partial charge >= 0.3 is 0 Å². The minimum Gasteiger partial charge on any atom is -0.872 e. The maximum atomic E-state index is 11.5. The molecule has 2 aromatic carbocycles. The zero-order valence-electron chi connectivity index (χ0n) is 10.9. The Kier molecular flexibility index (Phi) is 3.32. The van der Waals surface area contributed by atoms with Crippen molar-refractivity contribution in [3.05, 3.63) is 58.7 Å². The average molecular weight is 328 g/mol. The van der Waals surface area contributed by atoms with Gasteiger partial charge in [-0.25, -0.2) is 0 Å². The number of hydrogen-bond donors (Lipinski definition) is 1. The van der Waals surface area contributed by atoms with Gasteiger partial charge in [-0.05, 0) is 42.8 Å². The summed E-state index contributed by atoms with van der Waals surface area (Å²) >= 11 is 3.47. The number of anilines is 2. The molecule has 3 rings (SSSR count). The second kappa shape index (κ2) is 5.13. The fourth-order valence-corrected chi connectivity index (χ4v) is 2.47. The van der Waals surface area contributed by atoms with Crippen LogP contribution in [0.15, 0.2) is 53.1 Å². The molecule has 0 amide bonds. The molecule has 0 saturated heterocycles. The first kappa shape index (κ1) is 12.9. The van der Waals surface area contributed by atoms with Crippen molar-refractivity contribution in [1.29, 1.82) is 0 Å². The van der Waals surface area contributed by atoms with Crippen LogP contribution in [0.3, 0.4) is 0 Å². The van der Waals surface area contributed by atoms with Gasteiger partial charge in [0.25, 0.3) is 0 Å². The van der Waals surface area contributed by atoms with E-state index in [1.807, 2.05) is 37.3 Å². The van der Waals surface area contributed by atoms with Crippen molar-refractivity contribution in [3.8, 4) is 5.75 Å². The zero-order valence-corrected chi connectivity index (χ0v) is 12.4. The van der Waals surface area contributed by atoms with Gasteiger partial charge in [-0.15, -0.1) is 5.75 Å². The quantitative estimate of drug-likeness (QED) is 0.770. The summed E-state index contributed by atoms with van der Waals surface area (Å²) in [5, 5.41) is 15.8. The van der Waals surface area contributed by atoms with E-state index in [0.717, 1.165) is 32.3 Å². The van der Waals surface area contributed by atoms with E-state index in [9.17, 15) is 5.11 Å². The topological polar surface area (TPSA) is 48.0 Å². The predicted molar refractivity (Wildman–Crippen MR) is 83.4 cm³/mol. The lowest BCUT2D eigenvalue weighted by atomic mass is 10.1. The van der Waals surface area contributed by atoms with Gasteiger partial charge < -0.3 is 10.4 Å². The van der Waals surface area contributed by atoms with Crippen molar-refractivity contribution in [2.24, 2.45) is 0 Å². The van der Waals surface area contributed by atoms with Crippen molar-refractivity contribution >= 4 is 38.2 Å². The summed E-state index contributed by atoms with van der Waals surface area (Å²) in [6.07, 6.45) is 1.76. The molecule has 3 aromatic rings. The highest BCUT2D eigenvalue weighted by atomic mass is 79.9. The molecule has 20 heavy (non-hydrogen) atoms. The van der Waals surface area contributed by atoms with E-state index in [4.69, 9.17) is 0 Å². The third kappa shape index (κ3) is 2.47. The minimum absolute atomic E-state index is 0.00218. The van der Waals surface area contributed by atoms with E-state index in [1.54, 1.807) is 18.3 Å². The summed E-state index contributed by atoms with van der Waals surface area (Å²) in [7, 11) is 0. The smallest absolute Gasteiger partial charge is 0.0723 e. The van der Waals surface area contributed by atoms with Gasteiger partial charge in [-0.3, -0.25) is 4.98 Å². The number of benzene rings is 2. The van der Waals surface area contributed by atoms with E-state index in [-0.39, 0.29) is 5.75 Å². The molecule has 0 fully saturated rings. The first-order valence-electron chi connectivity index (χ1n) is 6.22. The van der Waals surface area contributed by atoms with Crippen LogP contribution in [0.4, 0.5) is 11.4 Å². The highest BCUT2D eigenvalue weighted by Gasteiger charge is 2.04. The van der Waals surface area contributed by atoms with Crippen LogP contribution in [0.1, 0.15) is 5.56 Å². The third-order valence-electron chi connectivity index (χ3n) is 3.18. The molecular weight excluding hydrogens is 316 g/mol. The van der Waals surface area contributed by atoms with Gasteiger partial charge in [0.2, 0.25) is 0 Å². The van der Waals surface area contributed by atoms with E-state index in [1.165, 1.54) is 0 Å². The maximum Gasteiger partial charge on any atom is 0.0723 e. The Labute approximate surface area is 125 Å². The van der Waals surface area contributed by atoms with Crippen LogP contribution < -0.4 is 10.4 Å². The molecule has 0 aliphatic carbocycles. The largest absolute Gasteiger partial charge is 0.872 e. The molecule has 1 N–H and O–H groups in total. The lowest BCUT2D eigenvalue weighted by molar-refractivity contribution is -0.268. The van der Waals surface area contributed by atoms with Crippen molar-refractivity contribution < 1.29 is 5.11 Å². The molecule has 0 atom stereocenters. The van der Waals surface area contributed by atoms with Gasteiger partial charge in [0, 0.05) is 27.4 Å². The summed E-state index contributed by atoms with van der Waals surface area (Å²) in [5.41, 5.74) is 3.70. The Hall–Kier alpha value is -2.07. The fourth-order valence-electron chi connectivity index (χ4n) is 2.11. The Morgan fingerprint density at radius 1 is 1.05 bits per heavy atom. The molecule has 0 radical (unpaired) electrons. The second-order valence-electron chi connectivity index (χ2n) is 4.62. The van der Waals surface area contributed by atoms with Crippen molar-refractivity contribution in [3.63, 3.8) is 0 Å². The van der Waals surface area contributed by atoms with E-state index >= 15 is 0 Å². The Morgan fingerprint density at radius 2 is 1.90 bits per heavy atom. The fraction of sp³-hybridized carbons (Fsp3) is 0.0625. The van der Waals surface area contributed by atoms with Crippen LogP contribution in [0.5, 0.6) is 5.75 Å². The molecule has 1 heterocycles. The number of nitrogens with one attached hydrogen (secondary N) is 1. The van der Waals surface area contributed by atoms with Crippen LogP contribution in [-0.4, -0.2) is 4.98 Å². The SMILES string of the molecule is Cc1ccc([O-])cc1Nc1ccnc2ccc(Br)cc12. The molecule has 4 heteroatoms. The van der Waals surface area contributed by atoms with Crippen LogP contribution in [0, 0.1) is 6.92 Å². The van der Waals surface area contributed by atoms with Gasteiger partial charge in [0.1, 0.15) is 0 Å². The number of aromatic nitrogens is 1. The predicted octanol–water partition coefficient (Wildman–Crippen LogP) is 4.12. The monoisotopic (exact) mass is 327 g/mol. The Balaban J connectivity index is 2.10. The number of pyridine rings is 1. The first-order valence-corrected chi connectivity index (χ1v) is 7.02. The number of hydrogen-bond acceptors (Lipinski definition) is 3. The highest BCUT2D eigenvalue weighted by molar-refractivity contribution is 9.10. The lowest BCUT2D eigenvalue weighted by Crippen LogP contribution is -1.97. The summed E-state index contributed by atoms with van der Waals surface area (Å²) < 4.78 is 0.996. The molecule has 0 saturated carbocycles. The highest BCUT2D eigenvalue weighted by Crippen LogP contribution is 2.29. The number of nitrogens with zero attached hydrogens (tertiary/aromatic N) is 1.